The van der Waals surface area contributed by atoms with E-state index in [9.17, 15) is 19.7 Å². The predicted octanol–water partition coefficient (Wildman–Crippen LogP) is 2.97. The van der Waals surface area contributed by atoms with Gasteiger partial charge in [-0.2, -0.15) is 0 Å². The molecule has 30 heavy (non-hydrogen) atoms. The van der Waals surface area contributed by atoms with Gasteiger partial charge in [0.2, 0.25) is 0 Å². The van der Waals surface area contributed by atoms with Crippen LogP contribution in [0.2, 0.25) is 0 Å². The highest BCUT2D eigenvalue weighted by molar-refractivity contribution is 7.80. The molecule has 158 valence electrons. The number of hydrogen-bond acceptors (Lipinski definition) is 6. The summed E-state index contributed by atoms with van der Waals surface area (Å²) in [6.07, 6.45) is 0.898. The molecule has 0 saturated heterocycles. The maximum Gasteiger partial charge on any atom is 0.270 e. The summed E-state index contributed by atoms with van der Waals surface area (Å²) in [5.41, 5.74) is 4.86. The van der Waals surface area contributed by atoms with Crippen molar-refractivity contribution in [2.75, 3.05) is 6.61 Å². The Hall–Kier alpha value is -3.53. The maximum absolute atomic E-state index is 12.3. The van der Waals surface area contributed by atoms with Crippen LogP contribution in [-0.2, 0) is 0 Å². The van der Waals surface area contributed by atoms with E-state index in [4.69, 9.17) is 17.0 Å². The fraction of sp³-hybridized carbons (Fsp3) is 0.250. The average molecular weight is 430 g/mol. The van der Waals surface area contributed by atoms with Crippen LogP contribution in [0, 0.1) is 16.0 Å². The lowest BCUT2D eigenvalue weighted by Crippen LogP contribution is -2.48. The molecule has 3 N–H and O–H groups in total. The first-order valence-corrected chi connectivity index (χ1v) is 9.56. The second-order valence-corrected chi connectivity index (χ2v) is 7.14. The number of hydrogen-bond donors (Lipinski definition) is 3. The molecule has 0 heterocycles. The third-order valence-corrected chi connectivity index (χ3v) is 4.10. The molecule has 0 unspecified atom stereocenters. The minimum absolute atomic E-state index is 0.0667. The predicted molar refractivity (Wildman–Crippen MR) is 115 cm³/mol. The van der Waals surface area contributed by atoms with Crippen molar-refractivity contribution in [2.24, 2.45) is 5.92 Å². The van der Waals surface area contributed by atoms with Crippen molar-refractivity contribution >= 4 is 34.8 Å². The standard InChI is InChI=1S/C20H22N4O5S/c1-13(2)9-10-29-17-8-4-6-15(12-17)18(25)21-20(30)23-22-19(26)14-5-3-7-16(11-14)24(27)28/h3-8,11-13H,9-10H2,1-2H3,(H,22,26)(H2,21,23,25,30). The molecule has 2 amide bonds. The largest absolute Gasteiger partial charge is 0.494 e. The molecule has 0 radical (unpaired) electrons. The van der Waals surface area contributed by atoms with Gasteiger partial charge in [-0.15, -0.1) is 0 Å². The summed E-state index contributed by atoms with van der Waals surface area (Å²) >= 11 is 5.00. The van der Waals surface area contributed by atoms with E-state index in [1.54, 1.807) is 24.3 Å². The third-order valence-electron chi connectivity index (χ3n) is 3.90. The van der Waals surface area contributed by atoms with Gasteiger partial charge in [0.05, 0.1) is 11.5 Å². The topological polar surface area (TPSA) is 123 Å². The van der Waals surface area contributed by atoms with E-state index in [1.165, 1.54) is 18.2 Å². The zero-order chi connectivity index (χ0) is 22.1. The van der Waals surface area contributed by atoms with E-state index in [2.05, 4.69) is 30.0 Å². The Bertz CT molecular complexity index is 948. The smallest absolute Gasteiger partial charge is 0.270 e. The summed E-state index contributed by atoms with van der Waals surface area (Å²) in [7, 11) is 0. The molecule has 0 fully saturated rings. The molecule has 0 aliphatic heterocycles. The number of thiocarbonyl (C=S) groups is 1. The number of nitro groups is 1. The van der Waals surface area contributed by atoms with Crippen LogP contribution in [-0.4, -0.2) is 28.5 Å². The van der Waals surface area contributed by atoms with Crippen molar-refractivity contribution in [3.8, 4) is 5.75 Å². The first-order valence-electron chi connectivity index (χ1n) is 9.15. The summed E-state index contributed by atoms with van der Waals surface area (Å²) in [5.74, 6) is -0.0411. The number of nitrogens with zero attached hydrogens (tertiary/aromatic N) is 1. The van der Waals surface area contributed by atoms with E-state index in [-0.39, 0.29) is 16.4 Å². The molecule has 0 aliphatic rings. The molecule has 2 rings (SSSR count). The van der Waals surface area contributed by atoms with Gasteiger partial charge in [0.25, 0.3) is 17.5 Å². The van der Waals surface area contributed by atoms with Crippen LogP contribution in [0.15, 0.2) is 48.5 Å². The van der Waals surface area contributed by atoms with Crippen LogP contribution in [0.4, 0.5) is 5.69 Å². The van der Waals surface area contributed by atoms with E-state index < -0.39 is 16.7 Å². The Morgan fingerprint density at radius 3 is 2.40 bits per heavy atom. The van der Waals surface area contributed by atoms with Gasteiger partial charge in [0.1, 0.15) is 5.75 Å². The maximum atomic E-state index is 12.3. The number of hydrazine groups is 1. The zero-order valence-electron chi connectivity index (χ0n) is 16.5. The van der Waals surface area contributed by atoms with Gasteiger partial charge in [-0.3, -0.25) is 35.9 Å². The Morgan fingerprint density at radius 1 is 1.07 bits per heavy atom. The molecule has 0 spiro atoms. The van der Waals surface area contributed by atoms with Crippen LogP contribution in [0.5, 0.6) is 5.75 Å². The van der Waals surface area contributed by atoms with Crippen LogP contribution < -0.4 is 20.9 Å². The minimum atomic E-state index is -0.643. The first kappa shape index (κ1) is 22.8. The van der Waals surface area contributed by atoms with Gasteiger partial charge in [-0.25, -0.2) is 0 Å². The molecule has 9 nitrogen and oxygen atoms in total. The Labute approximate surface area is 178 Å². The molecule has 0 bridgehead atoms. The summed E-state index contributed by atoms with van der Waals surface area (Å²) in [5, 5.41) is 13.1. The van der Waals surface area contributed by atoms with Gasteiger partial charge >= 0.3 is 0 Å². The number of nitrogens with one attached hydrogen (secondary N) is 3. The van der Waals surface area contributed by atoms with Crippen LogP contribution >= 0.6 is 12.2 Å². The quantitative estimate of drug-likeness (QED) is 0.351. The van der Waals surface area contributed by atoms with Gasteiger partial charge < -0.3 is 4.74 Å². The van der Waals surface area contributed by atoms with Crippen molar-refractivity contribution in [3.05, 3.63) is 69.8 Å². The number of amides is 2. The number of benzene rings is 2. The van der Waals surface area contributed by atoms with Gasteiger partial charge in [0.15, 0.2) is 5.11 Å². The van der Waals surface area contributed by atoms with E-state index >= 15 is 0 Å². The molecule has 10 heteroatoms. The van der Waals surface area contributed by atoms with Crippen molar-refractivity contribution in [1.82, 2.24) is 16.2 Å². The Kier molecular flexibility index (Phi) is 8.24. The lowest BCUT2D eigenvalue weighted by atomic mass is 10.1. The number of carbonyl (C=O) groups excluding carboxylic acids is 2. The minimum Gasteiger partial charge on any atom is -0.494 e. The zero-order valence-corrected chi connectivity index (χ0v) is 17.3. The number of rotatable bonds is 7. The summed E-state index contributed by atoms with van der Waals surface area (Å²) in [4.78, 5) is 34.6. The van der Waals surface area contributed by atoms with Crippen molar-refractivity contribution in [1.29, 1.82) is 0 Å². The molecule has 0 atom stereocenters. The molecular formula is C20H22N4O5S. The second-order valence-electron chi connectivity index (χ2n) is 6.73. The van der Waals surface area contributed by atoms with Crippen molar-refractivity contribution in [2.45, 2.75) is 20.3 Å². The van der Waals surface area contributed by atoms with Crippen LogP contribution in [0.3, 0.4) is 0 Å². The first-order chi connectivity index (χ1) is 14.3. The lowest BCUT2D eigenvalue weighted by Gasteiger charge is -2.12. The van der Waals surface area contributed by atoms with Crippen molar-refractivity contribution in [3.63, 3.8) is 0 Å². The van der Waals surface area contributed by atoms with E-state index in [0.717, 1.165) is 12.5 Å². The van der Waals surface area contributed by atoms with E-state index in [1.807, 2.05) is 0 Å². The molecule has 0 saturated carbocycles. The molecule has 0 aromatic heterocycles. The van der Waals surface area contributed by atoms with Crippen LogP contribution in [0.25, 0.3) is 0 Å². The SMILES string of the molecule is CC(C)CCOc1cccc(C(=O)NC(=S)NNC(=O)c2cccc([N+](=O)[O-])c2)c1. The fourth-order valence-corrected chi connectivity index (χ4v) is 2.44. The van der Waals surface area contributed by atoms with E-state index in [0.29, 0.717) is 23.8 Å². The highest BCUT2D eigenvalue weighted by atomic mass is 32.1. The summed E-state index contributed by atoms with van der Waals surface area (Å²) in [6, 6.07) is 11.9. The third kappa shape index (κ3) is 7.13. The summed E-state index contributed by atoms with van der Waals surface area (Å²) in [6.45, 7) is 4.74. The van der Waals surface area contributed by atoms with Gasteiger partial charge in [0, 0.05) is 23.3 Å². The highest BCUT2D eigenvalue weighted by Gasteiger charge is 2.13. The normalized spacial score (nSPS) is 10.2. The number of nitro benzene ring substituents is 1. The number of non-ortho nitro benzene ring substituents is 1. The molecule has 0 aliphatic carbocycles. The number of carbonyl (C=O) groups is 2. The van der Waals surface area contributed by atoms with Crippen molar-refractivity contribution < 1.29 is 19.2 Å². The summed E-state index contributed by atoms with van der Waals surface area (Å²) < 4.78 is 5.63. The fourth-order valence-electron chi connectivity index (χ4n) is 2.29. The Morgan fingerprint density at radius 2 is 1.73 bits per heavy atom. The molecule has 2 aromatic rings. The number of ether oxygens (including phenoxy) is 1. The van der Waals surface area contributed by atoms with Crippen LogP contribution in [0.1, 0.15) is 41.0 Å². The molecular weight excluding hydrogens is 408 g/mol. The van der Waals surface area contributed by atoms with Gasteiger partial charge in [-0.05, 0) is 48.8 Å². The Balaban J connectivity index is 1.87. The second kappa shape index (κ2) is 10.9. The highest BCUT2D eigenvalue weighted by Crippen LogP contribution is 2.15. The average Bonchev–Trinajstić information content (AvgIpc) is 2.72. The molecule has 2 aromatic carbocycles. The monoisotopic (exact) mass is 430 g/mol. The lowest BCUT2D eigenvalue weighted by molar-refractivity contribution is -0.384. The van der Waals surface area contributed by atoms with Gasteiger partial charge in [-0.1, -0.05) is 26.0 Å².